The second-order valence-electron chi connectivity index (χ2n) is 2.91. The third kappa shape index (κ3) is 2.67. The fourth-order valence-corrected chi connectivity index (χ4v) is 0.829. The first kappa shape index (κ1) is 8.80. The summed E-state index contributed by atoms with van der Waals surface area (Å²) in [7, 11) is 0. The molecule has 1 aliphatic carbocycles. The molecule has 0 amide bonds. The summed E-state index contributed by atoms with van der Waals surface area (Å²) in [6.45, 7) is -1.21. The van der Waals surface area contributed by atoms with Gasteiger partial charge in [-0.05, 0) is 12.8 Å². The molecule has 0 aromatic rings. The van der Waals surface area contributed by atoms with Gasteiger partial charge in [0.25, 0.3) is 0 Å². The van der Waals surface area contributed by atoms with E-state index in [-0.39, 0.29) is 6.61 Å². The molecule has 0 unspecified atom stereocenters. The molecule has 1 aliphatic rings. The SMILES string of the molecule is OCC1(NCC(F)(F)F)CC1. The molecule has 0 spiro atoms. The maximum absolute atomic E-state index is 11.6. The Hall–Kier alpha value is -0.290. The normalized spacial score (nSPS) is 21.8. The van der Waals surface area contributed by atoms with Gasteiger partial charge in [-0.2, -0.15) is 13.2 Å². The van der Waals surface area contributed by atoms with Gasteiger partial charge >= 0.3 is 6.18 Å². The van der Waals surface area contributed by atoms with E-state index in [0.717, 1.165) is 0 Å². The number of aliphatic hydroxyl groups excluding tert-OH is 1. The van der Waals surface area contributed by atoms with Gasteiger partial charge in [0.05, 0.1) is 13.2 Å². The van der Waals surface area contributed by atoms with Crippen LogP contribution < -0.4 is 5.32 Å². The number of rotatable bonds is 3. The second kappa shape index (κ2) is 2.64. The molecule has 1 saturated carbocycles. The summed E-state index contributed by atoms with van der Waals surface area (Å²) in [5.74, 6) is 0. The fourth-order valence-electron chi connectivity index (χ4n) is 0.829. The summed E-state index contributed by atoms with van der Waals surface area (Å²) in [6, 6.07) is 0. The third-order valence-corrected chi connectivity index (χ3v) is 1.82. The van der Waals surface area contributed by atoms with Crippen molar-refractivity contribution in [1.82, 2.24) is 5.32 Å². The Morgan fingerprint density at radius 2 is 1.91 bits per heavy atom. The van der Waals surface area contributed by atoms with Crippen LogP contribution in [0.4, 0.5) is 13.2 Å². The summed E-state index contributed by atoms with van der Waals surface area (Å²) in [5.41, 5.74) is -0.616. The van der Waals surface area contributed by atoms with Crippen molar-refractivity contribution in [1.29, 1.82) is 0 Å². The maximum Gasteiger partial charge on any atom is 0.401 e. The minimum absolute atomic E-state index is 0.205. The third-order valence-electron chi connectivity index (χ3n) is 1.82. The standard InChI is InChI=1S/C6H10F3NO/c7-6(8,9)3-10-5(4-11)1-2-5/h10-11H,1-4H2. The number of alkyl halides is 3. The van der Waals surface area contributed by atoms with E-state index in [1.54, 1.807) is 0 Å². The van der Waals surface area contributed by atoms with Crippen molar-refractivity contribution >= 4 is 0 Å². The van der Waals surface area contributed by atoms with E-state index in [4.69, 9.17) is 5.11 Å². The molecule has 2 nitrogen and oxygen atoms in total. The average Bonchev–Trinajstić information content (AvgIpc) is 2.63. The summed E-state index contributed by atoms with van der Waals surface area (Å²) in [4.78, 5) is 0. The van der Waals surface area contributed by atoms with Crippen molar-refractivity contribution in [3.8, 4) is 0 Å². The molecule has 0 heterocycles. The van der Waals surface area contributed by atoms with Gasteiger partial charge in [0.1, 0.15) is 0 Å². The highest BCUT2D eigenvalue weighted by Gasteiger charge is 2.44. The number of aliphatic hydroxyl groups is 1. The number of hydrogen-bond donors (Lipinski definition) is 2. The quantitative estimate of drug-likeness (QED) is 0.650. The van der Waals surface area contributed by atoms with E-state index in [1.165, 1.54) is 0 Å². The molecule has 11 heavy (non-hydrogen) atoms. The molecule has 2 N–H and O–H groups in total. The van der Waals surface area contributed by atoms with Crippen LogP contribution in [-0.4, -0.2) is 30.0 Å². The van der Waals surface area contributed by atoms with Crippen LogP contribution in [0.3, 0.4) is 0 Å². The molecule has 66 valence electrons. The predicted octanol–water partition coefficient (Wildman–Crippen LogP) is 0.663. The summed E-state index contributed by atoms with van der Waals surface area (Å²) in [5, 5.41) is 10.9. The topological polar surface area (TPSA) is 32.3 Å². The minimum Gasteiger partial charge on any atom is -0.394 e. The zero-order chi connectivity index (χ0) is 8.54. The number of hydrogen-bond acceptors (Lipinski definition) is 2. The molecule has 0 atom stereocenters. The van der Waals surface area contributed by atoms with E-state index in [9.17, 15) is 13.2 Å². The Morgan fingerprint density at radius 3 is 2.18 bits per heavy atom. The molecule has 0 radical (unpaired) electrons. The summed E-state index contributed by atoms with van der Waals surface area (Å²) >= 11 is 0. The Labute approximate surface area is 62.4 Å². The minimum atomic E-state index is -4.18. The lowest BCUT2D eigenvalue weighted by Crippen LogP contribution is -2.41. The smallest absolute Gasteiger partial charge is 0.394 e. The van der Waals surface area contributed by atoms with Gasteiger partial charge in [0, 0.05) is 5.54 Å². The first-order valence-corrected chi connectivity index (χ1v) is 3.40. The highest BCUT2D eigenvalue weighted by molar-refractivity contribution is 5.01. The lowest BCUT2D eigenvalue weighted by atomic mass is 10.3. The van der Waals surface area contributed by atoms with Crippen LogP contribution in [0, 0.1) is 0 Å². The Kier molecular flexibility index (Phi) is 2.11. The van der Waals surface area contributed by atoms with E-state index in [0.29, 0.717) is 12.8 Å². The summed E-state index contributed by atoms with van der Waals surface area (Å²) < 4.78 is 34.8. The van der Waals surface area contributed by atoms with Gasteiger partial charge in [0.2, 0.25) is 0 Å². The van der Waals surface area contributed by atoms with Gasteiger partial charge in [-0.1, -0.05) is 0 Å². The molecular weight excluding hydrogens is 159 g/mol. The van der Waals surface area contributed by atoms with Crippen LogP contribution in [0.2, 0.25) is 0 Å². The van der Waals surface area contributed by atoms with E-state index in [1.807, 2.05) is 0 Å². The van der Waals surface area contributed by atoms with E-state index in [2.05, 4.69) is 5.32 Å². The first-order valence-electron chi connectivity index (χ1n) is 3.40. The number of halogens is 3. The molecule has 1 rings (SSSR count). The first-order chi connectivity index (χ1) is 4.97. The van der Waals surface area contributed by atoms with Gasteiger partial charge in [-0.15, -0.1) is 0 Å². The maximum atomic E-state index is 11.6. The van der Waals surface area contributed by atoms with Crippen LogP contribution in [0.25, 0.3) is 0 Å². The van der Waals surface area contributed by atoms with E-state index >= 15 is 0 Å². The zero-order valence-corrected chi connectivity index (χ0v) is 5.91. The fraction of sp³-hybridized carbons (Fsp3) is 1.00. The van der Waals surface area contributed by atoms with Crippen molar-refractivity contribution in [3.63, 3.8) is 0 Å². The van der Waals surface area contributed by atoms with Gasteiger partial charge in [-0.25, -0.2) is 0 Å². The molecule has 5 heteroatoms. The molecule has 0 bridgehead atoms. The van der Waals surface area contributed by atoms with Gasteiger partial charge in [-0.3, -0.25) is 0 Å². The highest BCUT2D eigenvalue weighted by Crippen LogP contribution is 2.35. The van der Waals surface area contributed by atoms with Gasteiger partial charge < -0.3 is 10.4 Å². The van der Waals surface area contributed by atoms with Crippen LogP contribution in [0.15, 0.2) is 0 Å². The second-order valence-corrected chi connectivity index (χ2v) is 2.91. The number of nitrogens with one attached hydrogen (secondary N) is 1. The lowest BCUT2D eigenvalue weighted by molar-refractivity contribution is -0.127. The predicted molar refractivity (Wildman–Crippen MR) is 33.1 cm³/mol. The molecule has 1 fully saturated rings. The van der Waals surface area contributed by atoms with E-state index < -0.39 is 18.3 Å². The zero-order valence-electron chi connectivity index (χ0n) is 5.91. The Bertz CT molecular complexity index is 141. The van der Waals surface area contributed by atoms with Crippen LogP contribution >= 0.6 is 0 Å². The van der Waals surface area contributed by atoms with Crippen molar-refractivity contribution in [2.45, 2.75) is 24.6 Å². The van der Waals surface area contributed by atoms with Crippen molar-refractivity contribution in [2.75, 3.05) is 13.2 Å². The largest absolute Gasteiger partial charge is 0.401 e. The monoisotopic (exact) mass is 169 g/mol. The lowest BCUT2D eigenvalue weighted by Gasteiger charge is -2.15. The molecular formula is C6H10F3NO. The van der Waals surface area contributed by atoms with Crippen LogP contribution in [0.1, 0.15) is 12.8 Å². The highest BCUT2D eigenvalue weighted by atomic mass is 19.4. The van der Waals surface area contributed by atoms with Gasteiger partial charge in [0.15, 0.2) is 0 Å². The molecule has 0 aliphatic heterocycles. The molecule has 0 saturated heterocycles. The van der Waals surface area contributed by atoms with Crippen LogP contribution in [0.5, 0.6) is 0 Å². The summed E-state index contributed by atoms with van der Waals surface area (Å²) in [6.07, 6.45) is -2.90. The van der Waals surface area contributed by atoms with Crippen molar-refractivity contribution in [2.24, 2.45) is 0 Å². The Balaban J connectivity index is 2.22. The molecule has 0 aromatic carbocycles. The Morgan fingerprint density at radius 1 is 1.36 bits per heavy atom. The molecule has 0 aromatic heterocycles. The van der Waals surface area contributed by atoms with Crippen LogP contribution in [-0.2, 0) is 0 Å². The van der Waals surface area contributed by atoms with Crippen molar-refractivity contribution < 1.29 is 18.3 Å². The van der Waals surface area contributed by atoms with Crippen molar-refractivity contribution in [3.05, 3.63) is 0 Å². The average molecular weight is 169 g/mol.